The molecule has 0 bridgehead atoms. The van der Waals surface area contributed by atoms with Crippen molar-refractivity contribution < 1.29 is 18.4 Å². The molecule has 23 heavy (non-hydrogen) atoms. The van der Waals surface area contributed by atoms with Gasteiger partial charge < -0.3 is 23.5 Å². The molecule has 0 aliphatic carbocycles. The van der Waals surface area contributed by atoms with Crippen molar-refractivity contribution in [3.8, 4) is 0 Å². The summed E-state index contributed by atoms with van der Waals surface area (Å²) in [5.74, 6) is 1.36. The van der Waals surface area contributed by atoms with Gasteiger partial charge in [0.1, 0.15) is 17.2 Å². The number of methoxy groups -OCH3 is 1. The van der Waals surface area contributed by atoms with Gasteiger partial charge in [-0.05, 0) is 35.0 Å². The van der Waals surface area contributed by atoms with Gasteiger partial charge in [-0.3, -0.25) is 4.79 Å². The van der Waals surface area contributed by atoms with Gasteiger partial charge >= 0.3 is 0 Å². The standard InChI is InChI=1S/C16H17BrN2O4/c1-10-3-4-11(22-10)9-18-16(20)13-7-14-12(8-15(17)23-14)19(13)5-6-21-2/h3-4,7-8H,5-6,9H2,1-2H3,(H,18,20). The molecule has 0 aromatic carbocycles. The summed E-state index contributed by atoms with van der Waals surface area (Å²) in [6, 6.07) is 7.30. The molecular formula is C16H17BrN2O4. The van der Waals surface area contributed by atoms with Crippen LogP contribution in [0.5, 0.6) is 0 Å². The molecule has 0 aliphatic rings. The second kappa shape index (κ2) is 6.64. The molecule has 3 aromatic rings. The second-order valence-corrected chi connectivity index (χ2v) is 5.95. The van der Waals surface area contributed by atoms with E-state index in [9.17, 15) is 4.79 Å². The lowest BCUT2D eigenvalue weighted by Crippen LogP contribution is -2.25. The van der Waals surface area contributed by atoms with Crippen molar-refractivity contribution in [2.24, 2.45) is 0 Å². The Hall–Kier alpha value is -1.99. The number of hydrogen-bond acceptors (Lipinski definition) is 4. The highest BCUT2D eigenvalue weighted by molar-refractivity contribution is 9.10. The highest BCUT2D eigenvalue weighted by Crippen LogP contribution is 2.27. The van der Waals surface area contributed by atoms with E-state index in [1.165, 1.54) is 0 Å². The summed E-state index contributed by atoms with van der Waals surface area (Å²) in [6.07, 6.45) is 0. The molecule has 3 aromatic heterocycles. The molecule has 1 amide bonds. The summed E-state index contributed by atoms with van der Waals surface area (Å²) in [5.41, 5.74) is 2.05. The topological polar surface area (TPSA) is 69.5 Å². The lowest BCUT2D eigenvalue weighted by molar-refractivity contribution is 0.0936. The number of aryl methyl sites for hydroxylation is 1. The number of fused-ring (bicyclic) bond motifs is 1. The van der Waals surface area contributed by atoms with Crippen LogP contribution in [0.15, 0.2) is 37.8 Å². The summed E-state index contributed by atoms with van der Waals surface area (Å²) in [6.45, 7) is 3.28. The van der Waals surface area contributed by atoms with E-state index in [4.69, 9.17) is 13.6 Å². The number of nitrogens with zero attached hydrogens (tertiary/aromatic N) is 1. The Kier molecular flexibility index (Phi) is 4.58. The smallest absolute Gasteiger partial charge is 0.268 e. The Morgan fingerprint density at radius 1 is 1.35 bits per heavy atom. The Morgan fingerprint density at radius 3 is 2.87 bits per heavy atom. The molecule has 122 valence electrons. The van der Waals surface area contributed by atoms with Crippen molar-refractivity contribution >= 4 is 32.9 Å². The van der Waals surface area contributed by atoms with E-state index in [2.05, 4.69) is 21.2 Å². The molecule has 0 fully saturated rings. The van der Waals surface area contributed by atoms with Crippen molar-refractivity contribution in [1.29, 1.82) is 0 Å². The Balaban J connectivity index is 1.82. The molecule has 0 spiro atoms. The Labute approximate surface area is 141 Å². The van der Waals surface area contributed by atoms with Gasteiger partial charge in [-0.2, -0.15) is 0 Å². The molecule has 0 radical (unpaired) electrons. The van der Waals surface area contributed by atoms with E-state index in [1.807, 2.05) is 29.7 Å². The summed E-state index contributed by atoms with van der Waals surface area (Å²) < 4.78 is 18.6. The molecule has 3 rings (SSSR count). The van der Waals surface area contributed by atoms with Gasteiger partial charge in [-0.15, -0.1) is 0 Å². The highest BCUT2D eigenvalue weighted by Gasteiger charge is 2.18. The molecule has 6 nitrogen and oxygen atoms in total. The van der Waals surface area contributed by atoms with Crippen LogP contribution < -0.4 is 5.32 Å². The number of carbonyl (C=O) groups excluding carboxylic acids is 1. The van der Waals surface area contributed by atoms with Crippen molar-refractivity contribution in [2.75, 3.05) is 13.7 Å². The molecule has 3 heterocycles. The highest BCUT2D eigenvalue weighted by atomic mass is 79.9. The SMILES string of the molecule is COCCn1c(C(=O)NCc2ccc(C)o2)cc2oc(Br)cc21. The summed E-state index contributed by atoms with van der Waals surface area (Å²) in [7, 11) is 1.63. The first-order chi connectivity index (χ1) is 11.1. The van der Waals surface area contributed by atoms with E-state index in [1.54, 1.807) is 13.2 Å². The van der Waals surface area contributed by atoms with Crippen molar-refractivity contribution in [2.45, 2.75) is 20.0 Å². The predicted molar refractivity (Wildman–Crippen MR) is 88.4 cm³/mol. The van der Waals surface area contributed by atoms with Gasteiger partial charge in [0.15, 0.2) is 10.3 Å². The average molecular weight is 381 g/mol. The van der Waals surface area contributed by atoms with Crippen LogP contribution in [0.2, 0.25) is 0 Å². The average Bonchev–Trinajstić information content (AvgIpc) is 3.17. The second-order valence-electron chi connectivity index (χ2n) is 5.17. The van der Waals surface area contributed by atoms with Crippen LogP contribution in [0.25, 0.3) is 11.1 Å². The minimum Gasteiger partial charge on any atom is -0.465 e. The summed E-state index contributed by atoms with van der Waals surface area (Å²) in [4.78, 5) is 12.5. The quantitative estimate of drug-likeness (QED) is 0.710. The number of carbonyl (C=O) groups is 1. The number of aromatic nitrogens is 1. The molecule has 0 saturated heterocycles. The first kappa shape index (κ1) is 15.9. The lowest BCUT2D eigenvalue weighted by Gasteiger charge is -2.09. The van der Waals surface area contributed by atoms with Crippen LogP contribution in [0, 0.1) is 6.92 Å². The fourth-order valence-electron chi connectivity index (χ4n) is 2.46. The molecule has 0 atom stereocenters. The molecule has 7 heteroatoms. The zero-order valence-electron chi connectivity index (χ0n) is 12.9. The van der Waals surface area contributed by atoms with Gasteiger partial charge in [0.2, 0.25) is 0 Å². The maximum absolute atomic E-state index is 12.5. The van der Waals surface area contributed by atoms with Gasteiger partial charge in [-0.25, -0.2) is 0 Å². The molecule has 0 aliphatic heterocycles. The first-order valence-corrected chi connectivity index (χ1v) is 7.99. The van der Waals surface area contributed by atoms with Crippen molar-refractivity contribution in [1.82, 2.24) is 9.88 Å². The van der Waals surface area contributed by atoms with Crippen molar-refractivity contribution in [3.05, 3.63) is 46.1 Å². The number of halogens is 1. The van der Waals surface area contributed by atoms with Crippen LogP contribution in [-0.4, -0.2) is 24.2 Å². The normalized spacial score (nSPS) is 11.3. The minimum absolute atomic E-state index is 0.183. The van der Waals surface area contributed by atoms with Gasteiger partial charge in [0, 0.05) is 25.8 Å². The minimum atomic E-state index is -0.183. The van der Waals surface area contributed by atoms with E-state index in [0.29, 0.717) is 35.6 Å². The number of ether oxygens (including phenoxy) is 1. The Bertz CT molecular complexity index is 830. The number of amides is 1. The fraction of sp³-hybridized carbons (Fsp3) is 0.312. The van der Waals surface area contributed by atoms with Crippen LogP contribution in [-0.2, 0) is 17.8 Å². The van der Waals surface area contributed by atoms with Gasteiger partial charge in [0.05, 0.1) is 18.7 Å². The van der Waals surface area contributed by atoms with E-state index < -0.39 is 0 Å². The zero-order chi connectivity index (χ0) is 16.4. The largest absolute Gasteiger partial charge is 0.465 e. The fourth-order valence-corrected chi connectivity index (χ4v) is 2.85. The van der Waals surface area contributed by atoms with Crippen LogP contribution in [0.4, 0.5) is 0 Å². The molecule has 1 N–H and O–H groups in total. The molecular weight excluding hydrogens is 364 g/mol. The third kappa shape index (κ3) is 3.35. The van der Waals surface area contributed by atoms with Crippen LogP contribution >= 0.6 is 15.9 Å². The zero-order valence-corrected chi connectivity index (χ0v) is 14.5. The number of nitrogens with one attached hydrogen (secondary N) is 1. The first-order valence-electron chi connectivity index (χ1n) is 7.19. The van der Waals surface area contributed by atoms with E-state index >= 15 is 0 Å². The monoisotopic (exact) mass is 380 g/mol. The van der Waals surface area contributed by atoms with E-state index in [-0.39, 0.29) is 5.91 Å². The maximum atomic E-state index is 12.5. The third-order valence-electron chi connectivity index (χ3n) is 3.53. The van der Waals surface area contributed by atoms with E-state index in [0.717, 1.165) is 17.0 Å². The van der Waals surface area contributed by atoms with Crippen LogP contribution in [0.1, 0.15) is 22.0 Å². The predicted octanol–water partition coefficient (Wildman–Crippen LogP) is 3.47. The van der Waals surface area contributed by atoms with Gasteiger partial charge in [-0.1, -0.05) is 0 Å². The van der Waals surface area contributed by atoms with Crippen LogP contribution in [0.3, 0.4) is 0 Å². The number of hydrogen-bond donors (Lipinski definition) is 1. The maximum Gasteiger partial charge on any atom is 0.268 e. The summed E-state index contributed by atoms with van der Waals surface area (Å²) in [5, 5.41) is 2.86. The van der Waals surface area contributed by atoms with Crippen molar-refractivity contribution in [3.63, 3.8) is 0 Å². The Morgan fingerprint density at radius 2 is 2.17 bits per heavy atom. The van der Waals surface area contributed by atoms with Gasteiger partial charge in [0.25, 0.3) is 5.91 Å². The number of furan rings is 2. The number of rotatable bonds is 6. The third-order valence-corrected chi connectivity index (χ3v) is 3.92. The molecule has 0 unspecified atom stereocenters. The molecule has 0 saturated carbocycles. The lowest BCUT2D eigenvalue weighted by atomic mass is 10.3. The summed E-state index contributed by atoms with van der Waals surface area (Å²) >= 11 is 3.31.